The second kappa shape index (κ2) is 13.3. The normalized spacial score (nSPS) is 18.3. The number of hydrogen-bond donors (Lipinski definition) is 2. The molecule has 43 heavy (non-hydrogen) atoms. The van der Waals surface area contributed by atoms with E-state index in [4.69, 9.17) is 4.74 Å². The molecule has 0 unspecified atom stereocenters. The summed E-state index contributed by atoms with van der Waals surface area (Å²) in [6.07, 6.45) is 8.25. The van der Waals surface area contributed by atoms with Crippen LogP contribution in [0.1, 0.15) is 104 Å². The molecule has 2 aliphatic rings. The predicted molar refractivity (Wildman–Crippen MR) is 173 cm³/mol. The molecule has 8 nitrogen and oxygen atoms in total. The van der Waals surface area contributed by atoms with Gasteiger partial charge in [-0.15, -0.1) is 0 Å². The highest BCUT2D eigenvalue weighted by atomic mass is 32.2. The Bertz CT molecular complexity index is 1470. The molecule has 2 aromatic rings. The molecule has 1 saturated heterocycles. The van der Waals surface area contributed by atoms with Crippen molar-refractivity contribution in [2.45, 2.75) is 127 Å². The van der Waals surface area contributed by atoms with Gasteiger partial charge in [0, 0.05) is 43.2 Å². The van der Waals surface area contributed by atoms with Crippen LogP contribution in [0.25, 0.3) is 11.3 Å². The van der Waals surface area contributed by atoms with Gasteiger partial charge in [0.1, 0.15) is 4.90 Å². The van der Waals surface area contributed by atoms with Crippen molar-refractivity contribution in [2.24, 2.45) is 11.8 Å². The molecule has 1 aliphatic carbocycles. The summed E-state index contributed by atoms with van der Waals surface area (Å²) in [7, 11) is -7.54. The van der Waals surface area contributed by atoms with Crippen LogP contribution in [-0.4, -0.2) is 46.7 Å². The zero-order valence-electron chi connectivity index (χ0n) is 27.3. The van der Waals surface area contributed by atoms with E-state index in [1.807, 2.05) is 60.6 Å². The first-order chi connectivity index (χ1) is 20.0. The van der Waals surface area contributed by atoms with Gasteiger partial charge in [-0.1, -0.05) is 53.0 Å². The molecule has 1 aromatic carbocycles. The lowest BCUT2D eigenvalue weighted by molar-refractivity contribution is 0.0678. The molecule has 0 spiro atoms. The summed E-state index contributed by atoms with van der Waals surface area (Å²) in [5, 5.41) is 0. The van der Waals surface area contributed by atoms with Crippen molar-refractivity contribution in [1.29, 1.82) is 0 Å². The highest BCUT2D eigenvalue weighted by Crippen LogP contribution is 2.37. The van der Waals surface area contributed by atoms with E-state index >= 15 is 0 Å². The maximum Gasteiger partial charge on any atom is 0.242 e. The van der Waals surface area contributed by atoms with E-state index in [0.29, 0.717) is 42.6 Å². The molecule has 1 saturated carbocycles. The summed E-state index contributed by atoms with van der Waals surface area (Å²) in [4.78, 5) is 0.559. The van der Waals surface area contributed by atoms with Gasteiger partial charge in [-0.25, -0.2) is 26.3 Å². The first-order valence-electron chi connectivity index (χ1n) is 16.0. The Morgan fingerprint density at radius 2 is 1.51 bits per heavy atom. The summed E-state index contributed by atoms with van der Waals surface area (Å²) in [6.45, 7) is 16.1. The summed E-state index contributed by atoms with van der Waals surface area (Å²) in [6, 6.07) is 7.26. The first-order valence-corrected chi connectivity index (χ1v) is 19.0. The second-order valence-electron chi connectivity index (χ2n) is 14.3. The van der Waals surface area contributed by atoms with Gasteiger partial charge in [-0.2, -0.15) is 0 Å². The second-order valence-corrected chi connectivity index (χ2v) is 17.7. The number of nitrogens with one attached hydrogen (secondary N) is 2. The maximum atomic E-state index is 13.7. The topological polar surface area (TPSA) is 106 Å². The van der Waals surface area contributed by atoms with E-state index in [0.717, 1.165) is 49.2 Å². The fourth-order valence-corrected chi connectivity index (χ4v) is 9.51. The fraction of sp³-hybridized carbons (Fsp3) is 0.697. The number of nitrogens with zero attached hydrogens (tertiary/aromatic N) is 1. The molecule has 0 atom stereocenters. The highest BCUT2D eigenvalue weighted by molar-refractivity contribution is 7.89. The summed E-state index contributed by atoms with van der Waals surface area (Å²) < 4.78 is 68.1. The van der Waals surface area contributed by atoms with Crippen molar-refractivity contribution in [3.05, 3.63) is 35.5 Å². The Kier molecular flexibility index (Phi) is 10.6. The Balaban J connectivity index is 1.79. The number of benzene rings is 1. The van der Waals surface area contributed by atoms with Gasteiger partial charge < -0.3 is 9.30 Å². The molecule has 10 heteroatoms. The number of sulfonamides is 2. The standard InChI is InChI=1S/C33H53N3O5S2/c1-8-33(6,7)35-43(39,40)30-15-14-27(20-28(30)32(3,4)5)29-21-31(24(2)36(29)23-26-12-10-9-11-13-26)42(37,38)34-22-25-16-18-41-19-17-25/h14-15,20-21,25-26,34-35H,8-13,16-19,22-23H2,1-7H3. The molecule has 0 amide bonds. The van der Waals surface area contributed by atoms with Gasteiger partial charge >= 0.3 is 0 Å². The summed E-state index contributed by atoms with van der Waals surface area (Å²) in [5.41, 5.74) is 2.01. The molecular weight excluding hydrogens is 583 g/mol. The van der Waals surface area contributed by atoms with Crippen molar-refractivity contribution in [3.8, 4) is 11.3 Å². The van der Waals surface area contributed by atoms with Gasteiger partial charge in [-0.05, 0) is 99.5 Å². The van der Waals surface area contributed by atoms with Crippen molar-refractivity contribution in [3.63, 3.8) is 0 Å². The zero-order valence-corrected chi connectivity index (χ0v) is 28.9. The minimum Gasteiger partial charge on any atom is -0.381 e. The average Bonchev–Trinajstić information content (AvgIpc) is 3.28. The van der Waals surface area contributed by atoms with Crippen LogP contribution in [-0.2, 0) is 36.7 Å². The Labute approximate surface area is 260 Å². The van der Waals surface area contributed by atoms with Gasteiger partial charge in [0.25, 0.3) is 0 Å². The van der Waals surface area contributed by atoms with Crippen molar-refractivity contribution < 1.29 is 21.6 Å². The number of hydrogen-bond acceptors (Lipinski definition) is 5. The lowest BCUT2D eigenvalue weighted by Gasteiger charge is -2.28. The predicted octanol–water partition coefficient (Wildman–Crippen LogP) is 6.51. The number of rotatable bonds is 11. The molecule has 0 radical (unpaired) electrons. The molecule has 2 fully saturated rings. The van der Waals surface area contributed by atoms with Crippen molar-refractivity contribution >= 4 is 20.0 Å². The van der Waals surface area contributed by atoms with E-state index in [9.17, 15) is 16.8 Å². The Morgan fingerprint density at radius 1 is 0.860 bits per heavy atom. The molecule has 242 valence electrons. The monoisotopic (exact) mass is 635 g/mol. The third-order valence-electron chi connectivity index (χ3n) is 9.35. The summed E-state index contributed by atoms with van der Waals surface area (Å²) in [5.74, 6) is 0.745. The van der Waals surface area contributed by atoms with Gasteiger partial charge in [0.15, 0.2) is 0 Å². The Morgan fingerprint density at radius 3 is 2.12 bits per heavy atom. The summed E-state index contributed by atoms with van der Waals surface area (Å²) >= 11 is 0. The molecule has 2 N–H and O–H groups in total. The van der Waals surface area contributed by atoms with E-state index in [-0.39, 0.29) is 10.8 Å². The lowest BCUT2D eigenvalue weighted by atomic mass is 9.85. The van der Waals surface area contributed by atoms with Gasteiger partial charge in [-0.3, -0.25) is 0 Å². The van der Waals surface area contributed by atoms with Crippen LogP contribution in [0, 0.1) is 18.8 Å². The molecular formula is C33H53N3O5S2. The van der Waals surface area contributed by atoms with Crippen molar-refractivity contribution in [2.75, 3.05) is 19.8 Å². The van der Waals surface area contributed by atoms with E-state index in [2.05, 4.69) is 14.0 Å². The Hall–Kier alpha value is -1.72. The first kappa shape index (κ1) is 34.2. The van der Waals surface area contributed by atoms with Crippen molar-refractivity contribution in [1.82, 2.24) is 14.0 Å². The van der Waals surface area contributed by atoms with Crippen LogP contribution in [0.2, 0.25) is 0 Å². The van der Waals surface area contributed by atoms with Crippen LogP contribution < -0.4 is 9.44 Å². The quantitative estimate of drug-likeness (QED) is 0.293. The van der Waals surface area contributed by atoms with Crippen LogP contribution in [0.5, 0.6) is 0 Å². The van der Waals surface area contributed by atoms with Crippen LogP contribution in [0.3, 0.4) is 0 Å². The van der Waals surface area contributed by atoms with Gasteiger partial charge in [0.2, 0.25) is 20.0 Å². The maximum absolute atomic E-state index is 13.7. The SMILES string of the molecule is CCC(C)(C)NS(=O)(=O)c1ccc(-c2cc(S(=O)(=O)NCC3CCOCC3)c(C)n2CC2CCCCC2)cc1C(C)(C)C. The van der Waals surface area contributed by atoms with E-state index in [1.54, 1.807) is 12.1 Å². The van der Waals surface area contributed by atoms with Crippen LogP contribution in [0.15, 0.2) is 34.1 Å². The minimum atomic E-state index is -3.79. The molecule has 2 heterocycles. The van der Waals surface area contributed by atoms with Crippen LogP contribution >= 0.6 is 0 Å². The number of aromatic nitrogens is 1. The smallest absolute Gasteiger partial charge is 0.242 e. The van der Waals surface area contributed by atoms with Crippen LogP contribution in [0.4, 0.5) is 0 Å². The van der Waals surface area contributed by atoms with Gasteiger partial charge in [0.05, 0.1) is 4.90 Å². The molecule has 4 rings (SSSR count). The fourth-order valence-electron chi connectivity index (χ4n) is 6.25. The van der Waals surface area contributed by atoms with E-state index < -0.39 is 31.0 Å². The third-order valence-corrected chi connectivity index (χ3v) is 12.6. The highest BCUT2D eigenvalue weighted by Gasteiger charge is 2.32. The third kappa shape index (κ3) is 8.31. The average molecular weight is 636 g/mol. The number of ether oxygens (including phenoxy) is 1. The minimum absolute atomic E-state index is 0.262. The van der Waals surface area contributed by atoms with E-state index in [1.165, 1.54) is 19.3 Å². The molecule has 1 aliphatic heterocycles. The zero-order chi connectivity index (χ0) is 31.6. The lowest BCUT2D eigenvalue weighted by Crippen LogP contribution is -2.43. The molecule has 0 bridgehead atoms. The molecule has 1 aromatic heterocycles. The largest absolute Gasteiger partial charge is 0.381 e.